The zero-order valence-electron chi connectivity index (χ0n) is 11.9. The van der Waals surface area contributed by atoms with Gasteiger partial charge < -0.3 is 10.6 Å². The summed E-state index contributed by atoms with van der Waals surface area (Å²) < 4.78 is 26.3. The standard InChI is InChI=1S/C15H19F2N3O/c1-9-12-6-18-5-10(12)7-20(9)8-15(21)19-14-3-2-11(16)4-13(14)17/h2-4,9-10,12,18H,5-8H2,1H3,(H,19,21). The van der Waals surface area contributed by atoms with Crippen molar-refractivity contribution in [3.8, 4) is 0 Å². The van der Waals surface area contributed by atoms with Crippen LogP contribution in [-0.2, 0) is 4.79 Å². The van der Waals surface area contributed by atoms with E-state index in [4.69, 9.17) is 0 Å². The zero-order valence-corrected chi connectivity index (χ0v) is 11.9. The Morgan fingerprint density at radius 2 is 2.24 bits per heavy atom. The van der Waals surface area contributed by atoms with Crippen LogP contribution >= 0.6 is 0 Å². The molecule has 2 fully saturated rings. The van der Waals surface area contributed by atoms with Crippen LogP contribution in [0, 0.1) is 23.5 Å². The summed E-state index contributed by atoms with van der Waals surface area (Å²) >= 11 is 0. The number of rotatable bonds is 3. The zero-order chi connectivity index (χ0) is 15.0. The molecule has 0 saturated carbocycles. The van der Waals surface area contributed by atoms with Crippen molar-refractivity contribution in [2.75, 3.05) is 31.5 Å². The minimum Gasteiger partial charge on any atom is -0.322 e. The Morgan fingerprint density at radius 3 is 2.95 bits per heavy atom. The molecule has 0 spiro atoms. The highest BCUT2D eigenvalue weighted by Gasteiger charge is 2.42. The van der Waals surface area contributed by atoms with Gasteiger partial charge in [0.15, 0.2) is 0 Å². The second kappa shape index (κ2) is 5.69. The largest absolute Gasteiger partial charge is 0.322 e. The number of likely N-dealkylation sites (tertiary alicyclic amines) is 1. The Balaban J connectivity index is 1.59. The fourth-order valence-electron chi connectivity index (χ4n) is 3.43. The lowest BCUT2D eigenvalue weighted by Crippen LogP contribution is -2.39. The van der Waals surface area contributed by atoms with Crippen LogP contribution in [0.1, 0.15) is 6.92 Å². The number of halogens is 2. The fourth-order valence-corrected chi connectivity index (χ4v) is 3.43. The SMILES string of the molecule is CC1C2CNCC2CN1CC(=O)Nc1ccc(F)cc1F. The molecule has 2 aliphatic heterocycles. The van der Waals surface area contributed by atoms with Gasteiger partial charge in [-0.05, 0) is 44.0 Å². The van der Waals surface area contributed by atoms with Crippen LogP contribution in [0.4, 0.5) is 14.5 Å². The number of nitrogens with zero attached hydrogens (tertiary/aromatic N) is 1. The maximum atomic E-state index is 13.5. The highest BCUT2D eigenvalue weighted by molar-refractivity contribution is 5.92. The molecule has 3 rings (SSSR count). The molecule has 3 atom stereocenters. The molecule has 3 unspecified atom stereocenters. The fraction of sp³-hybridized carbons (Fsp3) is 0.533. The molecule has 21 heavy (non-hydrogen) atoms. The quantitative estimate of drug-likeness (QED) is 0.887. The first-order valence-electron chi connectivity index (χ1n) is 7.24. The van der Waals surface area contributed by atoms with Crippen LogP contribution in [-0.4, -0.2) is 43.0 Å². The van der Waals surface area contributed by atoms with E-state index < -0.39 is 11.6 Å². The van der Waals surface area contributed by atoms with Crippen molar-refractivity contribution in [3.05, 3.63) is 29.8 Å². The molecule has 1 amide bonds. The highest BCUT2D eigenvalue weighted by atomic mass is 19.1. The summed E-state index contributed by atoms with van der Waals surface area (Å²) in [7, 11) is 0. The van der Waals surface area contributed by atoms with E-state index in [0.29, 0.717) is 17.9 Å². The first kappa shape index (κ1) is 14.4. The summed E-state index contributed by atoms with van der Waals surface area (Å²) in [4.78, 5) is 14.2. The van der Waals surface area contributed by atoms with Crippen LogP contribution in [0.25, 0.3) is 0 Å². The summed E-state index contributed by atoms with van der Waals surface area (Å²) in [5, 5.41) is 5.88. The van der Waals surface area contributed by atoms with Gasteiger partial charge in [-0.1, -0.05) is 0 Å². The first-order chi connectivity index (χ1) is 10.0. The van der Waals surface area contributed by atoms with E-state index in [0.717, 1.165) is 31.8 Å². The van der Waals surface area contributed by atoms with Crippen molar-refractivity contribution in [3.63, 3.8) is 0 Å². The third kappa shape index (κ3) is 2.91. The number of carbonyl (C=O) groups is 1. The van der Waals surface area contributed by atoms with Crippen LogP contribution < -0.4 is 10.6 Å². The molecule has 1 aromatic carbocycles. The summed E-state index contributed by atoms with van der Waals surface area (Å²) in [6.45, 7) is 5.25. The van der Waals surface area contributed by atoms with Crippen molar-refractivity contribution >= 4 is 11.6 Å². The number of anilines is 1. The summed E-state index contributed by atoms with van der Waals surface area (Å²) in [5.74, 6) is -0.492. The molecular weight excluding hydrogens is 276 g/mol. The average molecular weight is 295 g/mol. The summed E-state index contributed by atoms with van der Waals surface area (Å²) in [5.41, 5.74) is 0.0233. The molecule has 114 valence electrons. The normalized spacial score (nSPS) is 28.6. The van der Waals surface area contributed by atoms with E-state index in [1.54, 1.807) is 0 Å². The second-order valence-electron chi connectivity index (χ2n) is 5.92. The molecule has 0 aliphatic carbocycles. The van der Waals surface area contributed by atoms with Gasteiger partial charge in [0.2, 0.25) is 5.91 Å². The van der Waals surface area contributed by atoms with E-state index in [9.17, 15) is 13.6 Å². The first-order valence-corrected chi connectivity index (χ1v) is 7.24. The lowest BCUT2D eigenvalue weighted by molar-refractivity contribution is -0.117. The molecule has 2 heterocycles. The monoisotopic (exact) mass is 295 g/mol. The van der Waals surface area contributed by atoms with Crippen LogP contribution in [0.2, 0.25) is 0 Å². The third-order valence-corrected chi connectivity index (χ3v) is 4.61. The smallest absolute Gasteiger partial charge is 0.238 e. The number of hydrogen-bond acceptors (Lipinski definition) is 3. The van der Waals surface area contributed by atoms with Crippen molar-refractivity contribution in [1.29, 1.82) is 0 Å². The number of fused-ring (bicyclic) bond motifs is 1. The van der Waals surface area contributed by atoms with Crippen LogP contribution in [0.15, 0.2) is 18.2 Å². The predicted octanol–water partition coefficient (Wildman–Crippen LogP) is 1.44. The molecular formula is C15H19F2N3O. The minimum absolute atomic E-state index is 0.0233. The number of carbonyl (C=O) groups excluding carboxylic acids is 1. The van der Waals surface area contributed by atoms with Crippen LogP contribution in [0.3, 0.4) is 0 Å². The molecule has 6 heteroatoms. The molecule has 0 aromatic heterocycles. The number of amides is 1. The van der Waals surface area contributed by atoms with Gasteiger partial charge in [0.05, 0.1) is 12.2 Å². The summed E-state index contributed by atoms with van der Waals surface area (Å²) in [6.07, 6.45) is 0. The van der Waals surface area contributed by atoms with E-state index in [2.05, 4.69) is 22.5 Å². The Morgan fingerprint density at radius 1 is 1.43 bits per heavy atom. The van der Waals surface area contributed by atoms with Crippen molar-refractivity contribution in [2.24, 2.45) is 11.8 Å². The molecule has 2 saturated heterocycles. The third-order valence-electron chi connectivity index (χ3n) is 4.61. The topological polar surface area (TPSA) is 44.4 Å². The van der Waals surface area contributed by atoms with Crippen LogP contribution in [0.5, 0.6) is 0 Å². The van der Waals surface area contributed by atoms with Gasteiger partial charge >= 0.3 is 0 Å². The summed E-state index contributed by atoms with van der Waals surface area (Å²) in [6, 6.07) is 3.49. The lowest BCUT2D eigenvalue weighted by atomic mass is 9.95. The molecule has 0 radical (unpaired) electrons. The predicted molar refractivity (Wildman–Crippen MR) is 75.9 cm³/mol. The molecule has 1 aromatic rings. The second-order valence-corrected chi connectivity index (χ2v) is 5.92. The Hall–Kier alpha value is -1.53. The Kier molecular flexibility index (Phi) is 3.91. The molecule has 0 bridgehead atoms. The van der Waals surface area contributed by atoms with E-state index in [-0.39, 0.29) is 18.1 Å². The number of hydrogen-bond donors (Lipinski definition) is 2. The van der Waals surface area contributed by atoms with Crippen molar-refractivity contribution in [1.82, 2.24) is 10.2 Å². The Bertz CT molecular complexity index is 552. The maximum absolute atomic E-state index is 13.5. The van der Waals surface area contributed by atoms with Gasteiger partial charge in [-0.2, -0.15) is 0 Å². The lowest BCUT2D eigenvalue weighted by Gasteiger charge is -2.23. The van der Waals surface area contributed by atoms with Crippen molar-refractivity contribution in [2.45, 2.75) is 13.0 Å². The number of benzene rings is 1. The maximum Gasteiger partial charge on any atom is 0.238 e. The molecule has 2 aliphatic rings. The molecule has 2 N–H and O–H groups in total. The van der Waals surface area contributed by atoms with E-state index >= 15 is 0 Å². The van der Waals surface area contributed by atoms with Gasteiger partial charge in [0.1, 0.15) is 11.6 Å². The molecule has 4 nitrogen and oxygen atoms in total. The van der Waals surface area contributed by atoms with Gasteiger partial charge in [0, 0.05) is 18.7 Å². The van der Waals surface area contributed by atoms with Gasteiger partial charge in [-0.3, -0.25) is 9.69 Å². The average Bonchev–Trinajstić information content (AvgIpc) is 2.98. The van der Waals surface area contributed by atoms with Gasteiger partial charge in [0.25, 0.3) is 0 Å². The van der Waals surface area contributed by atoms with E-state index in [1.807, 2.05) is 0 Å². The van der Waals surface area contributed by atoms with Crippen molar-refractivity contribution < 1.29 is 13.6 Å². The number of nitrogens with one attached hydrogen (secondary N) is 2. The Labute approximate surface area is 122 Å². The van der Waals surface area contributed by atoms with Gasteiger partial charge in [-0.25, -0.2) is 8.78 Å². The van der Waals surface area contributed by atoms with E-state index in [1.165, 1.54) is 6.07 Å². The minimum atomic E-state index is -0.751. The highest BCUT2D eigenvalue weighted by Crippen LogP contribution is 2.31. The van der Waals surface area contributed by atoms with Gasteiger partial charge in [-0.15, -0.1) is 0 Å².